The van der Waals surface area contributed by atoms with Crippen LogP contribution in [-0.2, 0) is 11.2 Å². The predicted molar refractivity (Wildman–Crippen MR) is 91.1 cm³/mol. The van der Waals surface area contributed by atoms with Gasteiger partial charge in [0.15, 0.2) is 0 Å². The first-order chi connectivity index (χ1) is 10.2. The van der Waals surface area contributed by atoms with Crippen LogP contribution in [0.4, 0.5) is 0 Å². The highest BCUT2D eigenvalue weighted by Crippen LogP contribution is 2.47. The molecule has 0 amide bonds. The summed E-state index contributed by atoms with van der Waals surface area (Å²) < 4.78 is 0. The highest BCUT2D eigenvalue weighted by molar-refractivity contribution is 6.56. The van der Waals surface area contributed by atoms with Crippen LogP contribution in [0.1, 0.15) is 5.56 Å². The molecule has 0 fully saturated rings. The maximum atomic E-state index is 10.9. The van der Waals surface area contributed by atoms with Crippen LogP contribution < -0.4 is 0 Å². The molecule has 3 nitrogen and oxygen atoms in total. The van der Waals surface area contributed by atoms with Crippen molar-refractivity contribution in [1.82, 2.24) is 4.98 Å². The minimum Gasteiger partial charge on any atom is -0.481 e. The van der Waals surface area contributed by atoms with Crippen molar-refractivity contribution < 1.29 is 9.90 Å². The van der Waals surface area contributed by atoms with Gasteiger partial charge in [-0.25, -0.2) is 0 Å². The Hall–Kier alpha value is -0.420. The topological polar surface area (TPSA) is 50.2 Å². The summed E-state index contributed by atoms with van der Waals surface area (Å²) in [5, 5.41) is 9.33. The number of hydrogen-bond donors (Lipinski definition) is 1. The molecule has 1 N–H and O–H groups in total. The molecule has 9 heteroatoms. The van der Waals surface area contributed by atoms with E-state index < -0.39 is 5.97 Å². The molecule has 22 heavy (non-hydrogen) atoms. The summed E-state index contributed by atoms with van der Waals surface area (Å²) in [5.74, 6) is -1.04. The Morgan fingerprint density at radius 3 is 1.95 bits per heavy atom. The van der Waals surface area contributed by atoms with E-state index >= 15 is 0 Å². The Kier molecular flexibility index (Phi) is 5.70. The van der Waals surface area contributed by atoms with E-state index in [1.807, 2.05) is 0 Å². The van der Waals surface area contributed by atoms with Crippen LogP contribution in [0.15, 0.2) is 12.3 Å². The lowest BCUT2D eigenvalue weighted by atomic mass is 10.1. The Morgan fingerprint density at radius 2 is 1.45 bits per heavy atom. The molecular weight excluding hydrogens is 415 g/mol. The first-order valence-electron chi connectivity index (χ1n) is 5.62. The summed E-state index contributed by atoms with van der Waals surface area (Å²) in [5.41, 5.74) is 0.899. The largest absolute Gasteiger partial charge is 0.481 e. The number of halogens is 6. The second kappa shape index (κ2) is 7.00. The molecule has 2 rings (SSSR count). The standard InChI is InChI=1S/C13H5Cl6NO2/c14-5-3-20-6(1-4(5)2-7(21)22)8-9(15)11(17)13(19)12(18)10(8)16/h1,3H,2H2,(H,21,22). The van der Waals surface area contributed by atoms with Crippen molar-refractivity contribution in [3.63, 3.8) is 0 Å². The van der Waals surface area contributed by atoms with E-state index in [0.717, 1.165) is 0 Å². The first kappa shape index (κ1) is 17.9. The number of carboxylic acid groups (broad SMARTS) is 1. The highest BCUT2D eigenvalue weighted by Gasteiger charge is 2.22. The third-order valence-electron chi connectivity index (χ3n) is 2.74. The van der Waals surface area contributed by atoms with Crippen LogP contribution in [0.2, 0.25) is 30.1 Å². The lowest BCUT2D eigenvalue weighted by Gasteiger charge is -2.13. The van der Waals surface area contributed by atoms with Crippen molar-refractivity contribution in [2.75, 3.05) is 0 Å². The summed E-state index contributed by atoms with van der Waals surface area (Å²) in [6.07, 6.45) is 1.02. The first-order valence-corrected chi connectivity index (χ1v) is 7.88. The second-order valence-electron chi connectivity index (χ2n) is 4.18. The van der Waals surface area contributed by atoms with Gasteiger partial charge in [0.1, 0.15) is 0 Å². The van der Waals surface area contributed by atoms with Gasteiger partial charge in [-0.2, -0.15) is 0 Å². The van der Waals surface area contributed by atoms with Crippen LogP contribution in [0.3, 0.4) is 0 Å². The van der Waals surface area contributed by atoms with E-state index in [2.05, 4.69) is 4.98 Å². The lowest BCUT2D eigenvalue weighted by Crippen LogP contribution is -2.02. The maximum Gasteiger partial charge on any atom is 0.307 e. The number of rotatable bonds is 3. The van der Waals surface area contributed by atoms with Crippen molar-refractivity contribution in [3.05, 3.63) is 48.0 Å². The zero-order valence-electron chi connectivity index (χ0n) is 10.4. The van der Waals surface area contributed by atoms with E-state index in [1.165, 1.54) is 12.3 Å². The average molecular weight is 420 g/mol. The molecule has 1 aromatic carbocycles. The molecule has 0 aliphatic rings. The average Bonchev–Trinajstić information content (AvgIpc) is 2.46. The van der Waals surface area contributed by atoms with Crippen molar-refractivity contribution >= 4 is 75.6 Å². The van der Waals surface area contributed by atoms with E-state index in [1.54, 1.807) is 0 Å². The Morgan fingerprint density at radius 1 is 0.955 bits per heavy atom. The number of hydrogen-bond acceptors (Lipinski definition) is 2. The number of nitrogens with zero attached hydrogens (tertiary/aromatic N) is 1. The monoisotopic (exact) mass is 417 g/mol. The molecule has 0 spiro atoms. The zero-order chi connectivity index (χ0) is 16.6. The molecule has 1 aromatic heterocycles. The molecule has 0 aliphatic heterocycles. The number of pyridine rings is 1. The number of carbonyl (C=O) groups is 1. The van der Waals surface area contributed by atoms with E-state index in [9.17, 15) is 4.79 Å². The lowest BCUT2D eigenvalue weighted by molar-refractivity contribution is -0.136. The number of aromatic nitrogens is 1. The fourth-order valence-corrected chi connectivity index (χ4v) is 3.25. The number of benzene rings is 1. The van der Waals surface area contributed by atoms with Gasteiger partial charge in [-0.1, -0.05) is 69.6 Å². The van der Waals surface area contributed by atoms with Crippen molar-refractivity contribution in [3.8, 4) is 11.3 Å². The molecule has 0 aliphatic carbocycles. The second-order valence-corrected chi connectivity index (χ2v) is 6.47. The smallest absolute Gasteiger partial charge is 0.307 e. The van der Waals surface area contributed by atoms with Crippen LogP contribution in [0.25, 0.3) is 11.3 Å². The van der Waals surface area contributed by atoms with Crippen molar-refractivity contribution in [2.24, 2.45) is 0 Å². The summed E-state index contributed by atoms with van der Waals surface area (Å²) in [7, 11) is 0. The normalized spacial score (nSPS) is 10.8. The van der Waals surface area contributed by atoms with Gasteiger partial charge in [0.25, 0.3) is 0 Å². The molecule has 116 valence electrons. The maximum absolute atomic E-state index is 10.9. The molecule has 0 unspecified atom stereocenters. The molecule has 0 saturated carbocycles. The zero-order valence-corrected chi connectivity index (χ0v) is 15.0. The summed E-state index contributed by atoms with van der Waals surface area (Å²) >= 11 is 36.2. The molecular formula is C13H5Cl6NO2. The van der Waals surface area contributed by atoms with Crippen LogP contribution in [0, 0.1) is 0 Å². The van der Waals surface area contributed by atoms with Gasteiger partial charge >= 0.3 is 5.97 Å². The Balaban J connectivity index is 2.70. The van der Waals surface area contributed by atoms with E-state index in [4.69, 9.17) is 74.7 Å². The third-order valence-corrected chi connectivity index (χ3v) is 5.36. The Bertz CT molecular complexity index is 749. The molecule has 2 aromatic rings. The quantitative estimate of drug-likeness (QED) is 0.469. The van der Waals surface area contributed by atoms with Crippen LogP contribution >= 0.6 is 69.6 Å². The number of aliphatic carboxylic acids is 1. The van der Waals surface area contributed by atoms with Gasteiger partial charge in [0.2, 0.25) is 0 Å². The van der Waals surface area contributed by atoms with E-state index in [0.29, 0.717) is 5.56 Å². The minimum absolute atomic E-state index is 0.0295. The minimum atomic E-state index is -1.04. The third kappa shape index (κ3) is 3.40. The fraction of sp³-hybridized carbons (Fsp3) is 0.0769. The van der Waals surface area contributed by atoms with Gasteiger partial charge in [-0.05, 0) is 11.6 Å². The van der Waals surface area contributed by atoms with Gasteiger partial charge in [0, 0.05) is 11.8 Å². The summed E-state index contributed by atoms with van der Waals surface area (Å²) in [6.45, 7) is 0. The molecule has 0 saturated heterocycles. The van der Waals surface area contributed by atoms with Gasteiger partial charge in [-0.15, -0.1) is 0 Å². The van der Waals surface area contributed by atoms with Crippen LogP contribution in [-0.4, -0.2) is 16.1 Å². The van der Waals surface area contributed by atoms with Crippen molar-refractivity contribution in [2.45, 2.75) is 6.42 Å². The predicted octanol–water partition coefficient (Wildman–Crippen LogP) is 6.30. The van der Waals surface area contributed by atoms with Gasteiger partial charge < -0.3 is 5.11 Å². The highest BCUT2D eigenvalue weighted by atomic mass is 35.5. The summed E-state index contributed by atoms with van der Waals surface area (Å²) in [4.78, 5) is 15.0. The number of carboxylic acids is 1. The molecule has 0 atom stereocenters. The van der Waals surface area contributed by atoms with Crippen LogP contribution in [0.5, 0.6) is 0 Å². The molecule has 0 radical (unpaired) electrons. The van der Waals surface area contributed by atoms with E-state index in [-0.39, 0.29) is 47.8 Å². The molecule has 1 heterocycles. The van der Waals surface area contributed by atoms with Crippen molar-refractivity contribution in [1.29, 1.82) is 0 Å². The SMILES string of the molecule is O=C(O)Cc1cc(-c2c(Cl)c(Cl)c(Cl)c(Cl)c2Cl)ncc1Cl. The summed E-state index contributed by atoms with van der Waals surface area (Å²) in [6, 6.07) is 1.46. The molecule has 0 bridgehead atoms. The fourth-order valence-electron chi connectivity index (χ4n) is 1.75. The van der Waals surface area contributed by atoms with Gasteiger partial charge in [-0.3, -0.25) is 9.78 Å². The Labute approximate surface area is 155 Å². The van der Waals surface area contributed by atoms with Gasteiger partial charge in [0.05, 0.1) is 42.3 Å².